The molecule has 0 aliphatic carbocycles. The molecule has 5 heteroatoms. The molecular formula is C13H15N3OS. The molecule has 0 aliphatic heterocycles. The van der Waals surface area contributed by atoms with Crippen molar-refractivity contribution in [3.63, 3.8) is 0 Å². The molecule has 0 radical (unpaired) electrons. The molecule has 2 aromatic rings. The predicted molar refractivity (Wildman–Crippen MR) is 73.9 cm³/mol. The van der Waals surface area contributed by atoms with Gasteiger partial charge in [0.2, 0.25) is 0 Å². The van der Waals surface area contributed by atoms with Gasteiger partial charge in [0.1, 0.15) is 5.82 Å². The fourth-order valence-electron chi connectivity index (χ4n) is 1.60. The maximum atomic E-state index is 12.1. The van der Waals surface area contributed by atoms with Gasteiger partial charge in [0, 0.05) is 25.2 Å². The minimum absolute atomic E-state index is 0.0152. The molecule has 18 heavy (non-hydrogen) atoms. The van der Waals surface area contributed by atoms with Gasteiger partial charge >= 0.3 is 0 Å². The molecule has 4 nitrogen and oxygen atoms in total. The van der Waals surface area contributed by atoms with Crippen LogP contribution < -0.4 is 5.32 Å². The van der Waals surface area contributed by atoms with Crippen LogP contribution in [0.15, 0.2) is 35.8 Å². The third kappa shape index (κ3) is 2.87. The summed E-state index contributed by atoms with van der Waals surface area (Å²) in [6, 6.07) is 7.59. The average Bonchev–Trinajstić information content (AvgIpc) is 2.91. The molecule has 94 valence electrons. The molecule has 0 aliphatic rings. The first-order valence-electron chi connectivity index (χ1n) is 5.62. The number of hydrogen-bond acceptors (Lipinski definition) is 4. The van der Waals surface area contributed by atoms with Gasteiger partial charge in [-0.05, 0) is 23.6 Å². The Balaban J connectivity index is 2.05. The lowest BCUT2D eigenvalue weighted by Gasteiger charge is -2.16. The van der Waals surface area contributed by atoms with E-state index < -0.39 is 0 Å². The van der Waals surface area contributed by atoms with E-state index in [2.05, 4.69) is 10.3 Å². The average molecular weight is 261 g/mol. The van der Waals surface area contributed by atoms with Crippen molar-refractivity contribution >= 4 is 23.1 Å². The fourth-order valence-corrected chi connectivity index (χ4v) is 2.35. The molecule has 2 rings (SSSR count). The van der Waals surface area contributed by atoms with Crippen LogP contribution in [0.5, 0.6) is 0 Å². The third-order valence-electron chi connectivity index (χ3n) is 2.59. The second-order valence-corrected chi connectivity index (χ2v) is 4.95. The molecule has 0 fully saturated rings. The highest BCUT2D eigenvalue weighted by molar-refractivity contribution is 7.09. The van der Waals surface area contributed by atoms with E-state index in [4.69, 9.17) is 0 Å². The summed E-state index contributed by atoms with van der Waals surface area (Å²) in [6.45, 7) is 0.629. The third-order valence-corrected chi connectivity index (χ3v) is 3.45. The number of nitrogens with zero attached hydrogens (tertiary/aromatic N) is 2. The van der Waals surface area contributed by atoms with Gasteiger partial charge in [0.05, 0.1) is 12.1 Å². The monoisotopic (exact) mass is 261 g/mol. The molecule has 2 aromatic heterocycles. The standard InChI is InChI=1S/C13H15N3OS/c1-14-12-6-5-10(8-15-12)13(17)16(2)9-11-4-3-7-18-11/h3-8H,9H2,1-2H3,(H,14,15). The molecular weight excluding hydrogens is 246 g/mol. The van der Waals surface area contributed by atoms with Gasteiger partial charge in [0.15, 0.2) is 0 Å². The van der Waals surface area contributed by atoms with Crippen LogP contribution in [0, 0.1) is 0 Å². The zero-order valence-corrected chi connectivity index (χ0v) is 11.2. The van der Waals surface area contributed by atoms with Crippen molar-refractivity contribution in [2.75, 3.05) is 19.4 Å². The van der Waals surface area contributed by atoms with E-state index in [0.29, 0.717) is 12.1 Å². The summed E-state index contributed by atoms with van der Waals surface area (Å²) in [4.78, 5) is 19.2. The van der Waals surface area contributed by atoms with Crippen LogP contribution in [0.4, 0.5) is 5.82 Å². The SMILES string of the molecule is CNc1ccc(C(=O)N(C)Cc2cccs2)cn1. The van der Waals surface area contributed by atoms with E-state index in [1.54, 1.807) is 48.7 Å². The van der Waals surface area contributed by atoms with Gasteiger partial charge in [0.25, 0.3) is 5.91 Å². The number of pyridine rings is 1. The first-order chi connectivity index (χ1) is 8.70. The summed E-state index contributed by atoms with van der Waals surface area (Å²) in [6.07, 6.45) is 1.60. The Morgan fingerprint density at radius 1 is 1.44 bits per heavy atom. The molecule has 0 spiro atoms. The molecule has 1 N–H and O–H groups in total. The van der Waals surface area contributed by atoms with Crippen molar-refractivity contribution in [1.29, 1.82) is 0 Å². The molecule has 1 amide bonds. The number of thiophene rings is 1. The van der Waals surface area contributed by atoms with Crippen LogP contribution in [-0.4, -0.2) is 29.9 Å². The second kappa shape index (κ2) is 5.64. The van der Waals surface area contributed by atoms with Crippen molar-refractivity contribution < 1.29 is 4.79 Å². The first kappa shape index (κ1) is 12.6. The summed E-state index contributed by atoms with van der Waals surface area (Å²) in [7, 11) is 3.60. The highest BCUT2D eigenvalue weighted by Gasteiger charge is 2.12. The van der Waals surface area contributed by atoms with Crippen molar-refractivity contribution in [2.24, 2.45) is 0 Å². The zero-order chi connectivity index (χ0) is 13.0. The maximum absolute atomic E-state index is 12.1. The van der Waals surface area contributed by atoms with E-state index in [1.807, 2.05) is 17.5 Å². The highest BCUT2D eigenvalue weighted by atomic mass is 32.1. The van der Waals surface area contributed by atoms with Crippen LogP contribution in [0.2, 0.25) is 0 Å². The predicted octanol–water partition coefficient (Wildman–Crippen LogP) is 2.46. The number of aromatic nitrogens is 1. The molecule has 2 heterocycles. The Labute approximate surface area is 110 Å². The van der Waals surface area contributed by atoms with Crippen LogP contribution in [-0.2, 0) is 6.54 Å². The fraction of sp³-hybridized carbons (Fsp3) is 0.231. The molecule has 0 unspecified atom stereocenters. The molecule has 0 saturated carbocycles. The van der Waals surface area contributed by atoms with Gasteiger partial charge in [-0.15, -0.1) is 11.3 Å². The second-order valence-electron chi connectivity index (χ2n) is 3.92. The highest BCUT2D eigenvalue weighted by Crippen LogP contribution is 2.13. The Morgan fingerprint density at radius 2 is 2.28 bits per heavy atom. The number of hydrogen-bond donors (Lipinski definition) is 1. The Bertz CT molecular complexity index is 508. The summed E-state index contributed by atoms with van der Waals surface area (Å²) in [5.41, 5.74) is 0.605. The number of nitrogens with one attached hydrogen (secondary N) is 1. The summed E-state index contributed by atoms with van der Waals surface area (Å²) >= 11 is 1.65. The van der Waals surface area contributed by atoms with E-state index >= 15 is 0 Å². The Kier molecular flexibility index (Phi) is 3.94. The number of amides is 1. The molecule has 0 bridgehead atoms. The van der Waals surface area contributed by atoms with E-state index in [1.165, 1.54) is 4.88 Å². The topological polar surface area (TPSA) is 45.2 Å². The molecule has 0 atom stereocenters. The van der Waals surface area contributed by atoms with E-state index in [9.17, 15) is 4.79 Å². The lowest BCUT2D eigenvalue weighted by Crippen LogP contribution is -2.25. The van der Waals surface area contributed by atoms with Crippen LogP contribution >= 0.6 is 11.3 Å². The Hall–Kier alpha value is -1.88. The van der Waals surface area contributed by atoms with Gasteiger partial charge in [-0.1, -0.05) is 6.07 Å². The Morgan fingerprint density at radius 3 is 2.83 bits per heavy atom. The van der Waals surface area contributed by atoms with Crippen molar-refractivity contribution in [3.05, 3.63) is 46.3 Å². The normalized spacial score (nSPS) is 10.1. The lowest BCUT2D eigenvalue weighted by atomic mass is 10.2. The van der Waals surface area contributed by atoms with Gasteiger partial charge < -0.3 is 10.2 Å². The van der Waals surface area contributed by atoms with Crippen molar-refractivity contribution in [1.82, 2.24) is 9.88 Å². The van der Waals surface area contributed by atoms with Gasteiger partial charge in [-0.3, -0.25) is 4.79 Å². The minimum Gasteiger partial charge on any atom is -0.373 e. The maximum Gasteiger partial charge on any atom is 0.255 e. The van der Waals surface area contributed by atoms with Gasteiger partial charge in [-0.25, -0.2) is 4.98 Å². The van der Waals surface area contributed by atoms with Crippen molar-refractivity contribution in [3.8, 4) is 0 Å². The summed E-state index contributed by atoms with van der Waals surface area (Å²) in [5, 5.41) is 4.94. The summed E-state index contributed by atoms with van der Waals surface area (Å²) < 4.78 is 0. The van der Waals surface area contributed by atoms with Crippen LogP contribution in [0.25, 0.3) is 0 Å². The quantitative estimate of drug-likeness (QED) is 0.919. The number of anilines is 1. The minimum atomic E-state index is -0.0152. The molecule has 0 aromatic carbocycles. The van der Waals surface area contributed by atoms with Crippen LogP contribution in [0.3, 0.4) is 0 Å². The number of carbonyl (C=O) groups is 1. The van der Waals surface area contributed by atoms with Gasteiger partial charge in [-0.2, -0.15) is 0 Å². The largest absolute Gasteiger partial charge is 0.373 e. The van der Waals surface area contributed by atoms with Crippen molar-refractivity contribution in [2.45, 2.75) is 6.54 Å². The smallest absolute Gasteiger partial charge is 0.255 e. The molecule has 0 saturated heterocycles. The lowest BCUT2D eigenvalue weighted by molar-refractivity contribution is 0.0786. The zero-order valence-electron chi connectivity index (χ0n) is 10.4. The number of carbonyl (C=O) groups excluding carboxylic acids is 1. The first-order valence-corrected chi connectivity index (χ1v) is 6.50. The summed E-state index contributed by atoms with van der Waals surface area (Å²) in [5.74, 6) is 0.742. The van der Waals surface area contributed by atoms with Crippen LogP contribution in [0.1, 0.15) is 15.2 Å². The van der Waals surface area contributed by atoms with E-state index in [-0.39, 0.29) is 5.91 Å². The number of rotatable bonds is 4. The van der Waals surface area contributed by atoms with E-state index in [0.717, 1.165) is 5.82 Å².